The van der Waals surface area contributed by atoms with Gasteiger partial charge < -0.3 is 15.0 Å². The van der Waals surface area contributed by atoms with Gasteiger partial charge in [-0.15, -0.1) is 0 Å². The fraction of sp³-hybridized carbons (Fsp3) is 0.357. The third kappa shape index (κ3) is 5.08. The maximum absolute atomic E-state index is 12.9. The summed E-state index contributed by atoms with van der Waals surface area (Å²) >= 11 is 0. The summed E-state index contributed by atoms with van der Waals surface area (Å²) in [6.45, 7) is 1.89. The van der Waals surface area contributed by atoms with E-state index < -0.39 is 5.34 Å². The number of aromatic nitrogens is 6. The fourth-order valence-electron chi connectivity index (χ4n) is 5.54. The van der Waals surface area contributed by atoms with Crippen molar-refractivity contribution in [3.8, 4) is 0 Å². The Morgan fingerprint density at radius 3 is 2.58 bits per heavy atom. The van der Waals surface area contributed by atoms with Crippen LogP contribution >= 0.6 is 0 Å². The van der Waals surface area contributed by atoms with Crippen LogP contribution in [0.3, 0.4) is 0 Å². The first-order valence-corrected chi connectivity index (χ1v) is 14.4. The van der Waals surface area contributed by atoms with Gasteiger partial charge in [-0.2, -0.15) is 0 Å². The maximum Gasteiger partial charge on any atom is 0.331 e. The molecule has 1 saturated heterocycles. The zero-order chi connectivity index (χ0) is 30.0. The second-order valence-corrected chi connectivity index (χ2v) is 12.1. The standard InChI is InChI=1S/C28H30B2N10O3/c1-14-5-6-31-24(34-14)17-8-18(17)26(42)36-21-9-22(33-13-32-21)37-28(29,30)20-11-39-10-16(15-3-4-15)7-19(25(39)35-20)40-12-23(41)38(2)27(40)43/h5-7,9-11,13,15,17-18H,3-4,8,12,29-30H2,1-2H3,(H2,32,33,36,37,42)/t17-,18-/m0/s1. The maximum atomic E-state index is 12.9. The molecule has 5 heterocycles. The summed E-state index contributed by atoms with van der Waals surface area (Å²) in [6, 6.07) is 5.16. The molecule has 3 fully saturated rings. The van der Waals surface area contributed by atoms with Crippen LogP contribution in [0.2, 0.25) is 0 Å². The van der Waals surface area contributed by atoms with Gasteiger partial charge in [0.15, 0.2) is 5.65 Å². The second kappa shape index (κ2) is 9.89. The number of nitrogens with one attached hydrogen (secondary N) is 2. The Bertz CT molecular complexity index is 1810. The molecule has 2 atom stereocenters. The van der Waals surface area contributed by atoms with E-state index in [9.17, 15) is 14.4 Å². The number of hydrogen-bond acceptors (Lipinski definition) is 9. The van der Waals surface area contributed by atoms with Gasteiger partial charge >= 0.3 is 6.03 Å². The molecule has 0 spiro atoms. The Hall–Kier alpha value is -4.81. The van der Waals surface area contributed by atoms with Crippen LogP contribution in [0.25, 0.3) is 5.65 Å². The summed E-state index contributed by atoms with van der Waals surface area (Å²) in [6.07, 6.45) is 10.0. The van der Waals surface area contributed by atoms with E-state index in [0.717, 1.165) is 34.7 Å². The molecule has 1 aliphatic heterocycles. The van der Waals surface area contributed by atoms with E-state index in [1.807, 2.05) is 45.3 Å². The number of urea groups is 1. The van der Waals surface area contributed by atoms with Crippen molar-refractivity contribution < 1.29 is 14.4 Å². The van der Waals surface area contributed by atoms with Crippen LogP contribution in [0, 0.1) is 12.8 Å². The molecule has 2 saturated carbocycles. The topological polar surface area (TPSA) is 151 Å². The molecular formula is C28H30B2N10O3. The molecule has 2 aliphatic carbocycles. The van der Waals surface area contributed by atoms with Crippen LogP contribution in [-0.2, 0) is 14.9 Å². The highest BCUT2D eigenvalue weighted by Crippen LogP contribution is 2.46. The summed E-state index contributed by atoms with van der Waals surface area (Å²) in [5.74, 6) is 1.48. The molecule has 0 unspecified atom stereocenters. The van der Waals surface area contributed by atoms with Crippen molar-refractivity contribution in [3.63, 3.8) is 0 Å². The second-order valence-electron chi connectivity index (χ2n) is 12.1. The molecule has 0 bridgehead atoms. The average Bonchev–Trinajstić information content (AvgIpc) is 3.90. The number of fused-ring (bicyclic) bond motifs is 1. The Kier molecular flexibility index (Phi) is 6.22. The number of imidazole rings is 1. The lowest BCUT2D eigenvalue weighted by Crippen LogP contribution is -2.37. The summed E-state index contributed by atoms with van der Waals surface area (Å²) in [7, 11) is 5.45. The highest BCUT2D eigenvalue weighted by molar-refractivity contribution is 6.41. The van der Waals surface area contributed by atoms with E-state index in [2.05, 4.69) is 36.8 Å². The number of carbonyl (C=O) groups excluding carboxylic acids is 3. The van der Waals surface area contributed by atoms with Crippen molar-refractivity contribution in [3.05, 3.63) is 65.9 Å². The number of nitrogens with zero attached hydrogens (tertiary/aromatic N) is 8. The van der Waals surface area contributed by atoms with E-state index in [1.54, 1.807) is 12.3 Å². The first kappa shape index (κ1) is 27.0. The van der Waals surface area contributed by atoms with Gasteiger partial charge in [0, 0.05) is 54.6 Å². The quantitative estimate of drug-likeness (QED) is 0.229. The normalized spacial score (nSPS) is 20.1. The van der Waals surface area contributed by atoms with E-state index in [1.165, 1.54) is 18.3 Å². The summed E-state index contributed by atoms with van der Waals surface area (Å²) in [4.78, 5) is 63.1. The Balaban J connectivity index is 1.11. The van der Waals surface area contributed by atoms with Gasteiger partial charge in [-0.05, 0) is 49.8 Å². The van der Waals surface area contributed by atoms with Crippen molar-refractivity contribution in [2.45, 2.75) is 43.4 Å². The summed E-state index contributed by atoms with van der Waals surface area (Å²) in [5.41, 5.74) is 3.93. The number of anilines is 3. The molecule has 4 amide bonds. The SMILES string of the molecule is BC(B)(Nc1cc(NC(=O)[C@H]2C[C@@H]2c2nccc(C)n2)ncn1)c1cn2cc(C3CC3)cc(N3CC(=O)N(C)C3=O)c2n1. The predicted molar refractivity (Wildman–Crippen MR) is 163 cm³/mol. The summed E-state index contributed by atoms with van der Waals surface area (Å²) < 4.78 is 1.94. The minimum atomic E-state index is -0.690. The Morgan fingerprint density at radius 2 is 1.86 bits per heavy atom. The van der Waals surface area contributed by atoms with Gasteiger partial charge in [0.1, 0.15) is 46.0 Å². The van der Waals surface area contributed by atoms with E-state index in [4.69, 9.17) is 4.98 Å². The number of pyridine rings is 1. The van der Waals surface area contributed by atoms with Crippen molar-refractivity contribution >= 4 is 56.5 Å². The number of imide groups is 1. The lowest BCUT2D eigenvalue weighted by molar-refractivity contribution is -0.124. The summed E-state index contributed by atoms with van der Waals surface area (Å²) in [5, 5.41) is 5.63. The van der Waals surface area contributed by atoms with Gasteiger partial charge in [-0.1, -0.05) is 0 Å². The number of likely N-dealkylation sites (N-methyl/N-ethyl adjacent to an activating group) is 1. The van der Waals surface area contributed by atoms with Crippen LogP contribution in [0.15, 0.2) is 43.1 Å². The van der Waals surface area contributed by atoms with Crippen LogP contribution in [0.5, 0.6) is 0 Å². The highest BCUT2D eigenvalue weighted by atomic mass is 16.2. The molecule has 4 aromatic heterocycles. The van der Waals surface area contributed by atoms with Crippen molar-refractivity contribution in [1.82, 2.24) is 34.2 Å². The number of aryl methyl sites for hydroxylation is 1. The Labute approximate surface area is 249 Å². The molecule has 0 radical (unpaired) electrons. The number of carbonyl (C=O) groups is 3. The first-order valence-electron chi connectivity index (χ1n) is 14.4. The van der Waals surface area contributed by atoms with Gasteiger partial charge in [0.2, 0.25) is 11.8 Å². The molecule has 4 aromatic rings. The van der Waals surface area contributed by atoms with Gasteiger partial charge in [0.05, 0.1) is 11.4 Å². The molecule has 43 heavy (non-hydrogen) atoms. The number of rotatable bonds is 8. The predicted octanol–water partition coefficient (Wildman–Crippen LogP) is 0.729. The number of amides is 4. The van der Waals surface area contributed by atoms with Crippen molar-refractivity contribution in [2.24, 2.45) is 5.92 Å². The van der Waals surface area contributed by atoms with Gasteiger partial charge in [0.25, 0.3) is 0 Å². The zero-order valence-corrected chi connectivity index (χ0v) is 24.4. The molecular weight excluding hydrogens is 546 g/mol. The van der Waals surface area contributed by atoms with Crippen molar-refractivity contribution in [2.75, 3.05) is 29.1 Å². The van der Waals surface area contributed by atoms with Gasteiger partial charge in [-0.3, -0.25) is 19.4 Å². The van der Waals surface area contributed by atoms with E-state index in [-0.39, 0.29) is 36.2 Å². The minimum absolute atomic E-state index is 0.00741. The van der Waals surface area contributed by atoms with Crippen LogP contribution in [-0.4, -0.2) is 81.4 Å². The lowest BCUT2D eigenvalue weighted by Gasteiger charge is -2.25. The molecule has 0 aromatic carbocycles. The minimum Gasteiger partial charge on any atom is -0.374 e. The Morgan fingerprint density at radius 1 is 1.07 bits per heavy atom. The molecule has 13 nitrogen and oxygen atoms in total. The fourth-order valence-corrected chi connectivity index (χ4v) is 5.54. The van der Waals surface area contributed by atoms with Crippen LogP contribution in [0.4, 0.5) is 22.1 Å². The van der Waals surface area contributed by atoms with E-state index >= 15 is 0 Å². The molecule has 3 aliphatic rings. The molecule has 2 N–H and O–H groups in total. The highest BCUT2D eigenvalue weighted by Gasteiger charge is 2.46. The van der Waals surface area contributed by atoms with Crippen molar-refractivity contribution in [1.29, 1.82) is 0 Å². The molecule has 7 rings (SSSR count). The van der Waals surface area contributed by atoms with Gasteiger partial charge in [-0.25, -0.2) is 29.7 Å². The largest absolute Gasteiger partial charge is 0.374 e. The lowest BCUT2D eigenvalue weighted by atomic mass is 9.60. The third-order valence-corrected chi connectivity index (χ3v) is 8.35. The number of hydrogen-bond donors (Lipinski definition) is 2. The van der Waals surface area contributed by atoms with Crippen LogP contribution in [0.1, 0.15) is 53.9 Å². The molecule has 15 heteroatoms. The van der Waals surface area contributed by atoms with E-state index in [0.29, 0.717) is 41.1 Å². The average molecular weight is 576 g/mol. The van der Waals surface area contributed by atoms with Crippen LogP contribution < -0.4 is 15.5 Å². The third-order valence-electron chi connectivity index (χ3n) is 8.35. The zero-order valence-electron chi connectivity index (χ0n) is 24.4. The first-order chi connectivity index (χ1) is 20.6. The monoisotopic (exact) mass is 576 g/mol. The molecule has 216 valence electrons. The smallest absolute Gasteiger partial charge is 0.331 e.